The molecule has 3 rings (SSSR count). The van der Waals surface area contributed by atoms with Crippen molar-refractivity contribution in [3.63, 3.8) is 0 Å². The van der Waals surface area contributed by atoms with E-state index in [-0.39, 0.29) is 24.4 Å². The van der Waals surface area contributed by atoms with Crippen LogP contribution < -0.4 is 5.11 Å². The molecule has 0 N–H and O–H groups in total. The smallest absolute Gasteiger partial charge is 0.159 e. The Balaban J connectivity index is 2.14. The van der Waals surface area contributed by atoms with Gasteiger partial charge in [-0.3, -0.25) is 4.79 Å². The third kappa shape index (κ3) is 3.72. The Morgan fingerprint density at radius 2 is 1.77 bits per heavy atom. The SMILES string of the molecule is CC(=O)c1cccc(-n2c(CCC(=O)[O-])ccc2-c2ccc(F)cc2)c1. The number of carboxylic acid groups (broad SMARTS) is 1. The Kier molecular flexibility index (Phi) is 4.98. The van der Waals surface area contributed by atoms with Gasteiger partial charge in [0.2, 0.25) is 0 Å². The summed E-state index contributed by atoms with van der Waals surface area (Å²) in [5, 5.41) is 10.9. The van der Waals surface area contributed by atoms with Crippen LogP contribution >= 0.6 is 0 Å². The lowest BCUT2D eigenvalue weighted by Crippen LogP contribution is -2.22. The van der Waals surface area contributed by atoms with Gasteiger partial charge < -0.3 is 14.5 Å². The second kappa shape index (κ2) is 7.35. The first-order chi connectivity index (χ1) is 12.5. The van der Waals surface area contributed by atoms with E-state index in [0.717, 1.165) is 22.6 Å². The highest BCUT2D eigenvalue weighted by atomic mass is 19.1. The van der Waals surface area contributed by atoms with Crippen LogP contribution in [0.15, 0.2) is 60.7 Å². The van der Waals surface area contributed by atoms with Crippen molar-refractivity contribution in [3.05, 3.63) is 77.7 Å². The highest BCUT2D eigenvalue weighted by Gasteiger charge is 2.13. The third-order valence-corrected chi connectivity index (χ3v) is 4.20. The van der Waals surface area contributed by atoms with E-state index >= 15 is 0 Å². The lowest BCUT2D eigenvalue weighted by atomic mass is 10.1. The van der Waals surface area contributed by atoms with Crippen LogP contribution in [0.4, 0.5) is 4.39 Å². The van der Waals surface area contributed by atoms with Crippen molar-refractivity contribution in [1.82, 2.24) is 4.57 Å². The highest BCUT2D eigenvalue weighted by Crippen LogP contribution is 2.28. The second-order valence-corrected chi connectivity index (χ2v) is 6.03. The molecule has 132 valence electrons. The number of benzene rings is 2. The van der Waals surface area contributed by atoms with Crippen molar-refractivity contribution >= 4 is 11.8 Å². The molecule has 0 unspecified atom stereocenters. The van der Waals surface area contributed by atoms with Crippen LogP contribution in [0, 0.1) is 5.82 Å². The average Bonchev–Trinajstić information content (AvgIpc) is 3.04. The maximum absolute atomic E-state index is 13.3. The molecule has 0 bridgehead atoms. The number of aliphatic carboxylic acids is 1. The molecule has 0 spiro atoms. The lowest BCUT2D eigenvalue weighted by Gasteiger charge is -2.15. The van der Waals surface area contributed by atoms with Crippen LogP contribution in [0.25, 0.3) is 16.9 Å². The van der Waals surface area contributed by atoms with E-state index < -0.39 is 5.97 Å². The predicted octanol–water partition coefficient (Wildman–Crippen LogP) is 3.17. The topological polar surface area (TPSA) is 62.1 Å². The monoisotopic (exact) mass is 350 g/mol. The van der Waals surface area contributed by atoms with Gasteiger partial charge >= 0.3 is 0 Å². The number of carbonyl (C=O) groups is 2. The fourth-order valence-corrected chi connectivity index (χ4v) is 2.92. The molecule has 0 radical (unpaired) electrons. The Morgan fingerprint density at radius 1 is 1.04 bits per heavy atom. The lowest BCUT2D eigenvalue weighted by molar-refractivity contribution is -0.305. The summed E-state index contributed by atoms with van der Waals surface area (Å²) < 4.78 is 15.2. The summed E-state index contributed by atoms with van der Waals surface area (Å²) in [5.74, 6) is -1.51. The summed E-state index contributed by atoms with van der Waals surface area (Å²) in [6, 6.07) is 16.9. The number of carbonyl (C=O) groups excluding carboxylic acids is 2. The Labute approximate surface area is 150 Å². The zero-order chi connectivity index (χ0) is 18.7. The van der Waals surface area contributed by atoms with Crippen molar-refractivity contribution in [1.29, 1.82) is 0 Å². The minimum absolute atomic E-state index is 0.0568. The summed E-state index contributed by atoms with van der Waals surface area (Å²) in [7, 11) is 0. The number of rotatable bonds is 6. The number of halogens is 1. The molecule has 0 fully saturated rings. The van der Waals surface area contributed by atoms with Crippen molar-refractivity contribution in [2.45, 2.75) is 19.8 Å². The second-order valence-electron chi connectivity index (χ2n) is 6.03. The molecular formula is C21H17FNO3-. The zero-order valence-electron chi connectivity index (χ0n) is 14.2. The third-order valence-electron chi connectivity index (χ3n) is 4.20. The number of aryl methyl sites for hydroxylation is 1. The predicted molar refractivity (Wildman–Crippen MR) is 94.5 cm³/mol. The Hall–Kier alpha value is -3.21. The molecule has 4 nitrogen and oxygen atoms in total. The number of aromatic nitrogens is 1. The van der Waals surface area contributed by atoms with E-state index in [4.69, 9.17) is 0 Å². The molecule has 1 heterocycles. The molecule has 0 atom stereocenters. The zero-order valence-corrected chi connectivity index (χ0v) is 14.2. The maximum atomic E-state index is 13.3. The van der Waals surface area contributed by atoms with Gasteiger partial charge in [0.1, 0.15) is 5.82 Å². The van der Waals surface area contributed by atoms with Gasteiger partial charge in [-0.05, 0) is 73.9 Å². The standard InChI is InChI=1S/C21H18FNO3/c1-14(24)16-3-2-4-19(13-16)23-18(10-12-21(25)26)9-11-20(23)15-5-7-17(22)8-6-15/h2-9,11,13H,10,12H2,1H3,(H,25,26)/p-1. The summed E-state index contributed by atoms with van der Waals surface area (Å²) in [4.78, 5) is 22.6. The summed E-state index contributed by atoms with van der Waals surface area (Å²) in [5.41, 5.74) is 3.66. The van der Waals surface area contributed by atoms with Crippen LogP contribution in [0.1, 0.15) is 29.4 Å². The fraction of sp³-hybridized carbons (Fsp3) is 0.143. The van der Waals surface area contributed by atoms with Crippen LogP contribution in [-0.2, 0) is 11.2 Å². The number of hydrogen-bond donors (Lipinski definition) is 0. The molecule has 0 aliphatic carbocycles. The van der Waals surface area contributed by atoms with Gasteiger partial charge in [0.15, 0.2) is 5.78 Å². The van der Waals surface area contributed by atoms with Crippen molar-refractivity contribution in [2.24, 2.45) is 0 Å². The van der Waals surface area contributed by atoms with Gasteiger partial charge in [-0.25, -0.2) is 4.39 Å². The van der Waals surface area contributed by atoms with Crippen LogP contribution in [0.5, 0.6) is 0 Å². The highest BCUT2D eigenvalue weighted by molar-refractivity contribution is 5.94. The van der Waals surface area contributed by atoms with Crippen molar-refractivity contribution in [3.8, 4) is 16.9 Å². The van der Waals surface area contributed by atoms with Crippen LogP contribution in [-0.4, -0.2) is 16.3 Å². The molecule has 1 aromatic heterocycles. The first-order valence-corrected chi connectivity index (χ1v) is 8.23. The maximum Gasteiger partial charge on any atom is 0.159 e. The van der Waals surface area contributed by atoms with Gasteiger partial charge in [0, 0.05) is 22.9 Å². The molecule has 26 heavy (non-hydrogen) atoms. The molecule has 0 saturated carbocycles. The molecule has 0 saturated heterocycles. The number of hydrogen-bond acceptors (Lipinski definition) is 3. The molecule has 2 aromatic carbocycles. The first-order valence-electron chi connectivity index (χ1n) is 8.23. The van der Waals surface area contributed by atoms with Gasteiger partial charge in [-0.1, -0.05) is 12.1 Å². The minimum atomic E-state index is -1.13. The number of ketones is 1. The summed E-state index contributed by atoms with van der Waals surface area (Å²) in [6.45, 7) is 1.49. The van der Waals surface area contributed by atoms with Crippen molar-refractivity contribution < 1.29 is 19.1 Å². The fourth-order valence-electron chi connectivity index (χ4n) is 2.92. The van der Waals surface area contributed by atoms with Crippen LogP contribution in [0.3, 0.4) is 0 Å². The quantitative estimate of drug-likeness (QED) is 0.642. The average molecular weight is 350 g/mol. The van der Waals surface area contributed by atoms with Gasteiger partial charge in [0.05, 0.1) is 5.69 Å². The van der Waals surface area contributed by atoms with E-state index in [1.54, 1.807) is 30.3 Å². The van der Waals surface area contributed by atoms with E-state index in [0.29, 0.717) is 5.56 Å². The summed E-state index contributed by atoms with van der Waals surface area (Å²) in [6.07, 6.45) is 0.174. The first kappa shape index (κ1) is 17.6. The van der Waals surface area contributed by atoms with Crippen molar-refractivity contribution in [2.75, 3.05) is 0 Å². The molecule has 0 aliphatic heterocycles. The van der Waals surface area contributed by atoms with Gasteiger partial charge in [-0.2, -0.15) is 0 Å². The number of nitrogens with zero attached hydrogens (tertiary/aromatic N) is 1. The van der Waals surface area contributed by atoms with Crippen LogP contribution in [0.2, 0.25) is 0 Å². The van der Waals surface area contributed by atoms with E-state index in [1.165, 1.54) is 19.1 Å². The number of carboxylic acids is 1. The number of Topliss-reactive ketones (excluding diaryl/α,β-unsaturated/α-hetero) is 1. The van der Waals surface area contributed by atoms with Gasteiger partial charge in [0.25, 0.3) is 0 Å². The minimum Gasteiger partial charge on any atom is -0.550 e. The van der Waals surface area contributed by atoms with E-state index in [1.807, 2.05) is 22.8 Å². The normalized spacial score (nSPS) is 10.7. The molecule has 5 heteroatoms. The van der Waals surface area contributed by atoms with E-state index in [9.17, 15) is 19.1 Å². The molecular weight excluding hydrogens is 333 g/mol. The molecule has 0 amide bonds. The Morgan fingerprint density at radius 3 is 2.42 bits per heavy atom. The Bertz CT molecular complexity index is 958. The largest absolute Gasteiger partial charge is 0.550 e. The molecule has 0 aliphatic rings. The molecule has 3 aromatic rings. The summed E-state index contributed by atoms with van der Waals surface area (Å²) >= 11 is 0. The van der Waals surface area contributed by atoms with Gasteiger partial charge in [-0.15, -0.1) is 0 Å². The van der Waals surface area contributed by atoms with E-state index in [2.05, 4.69) is 0 Å².